The molecule has 1 aliphatic heterocycles. The summed E-state index contributed by atoms with van der Waals surface area (Å²) in [5.74, 6) is -1.56. The number of Topliss-reactive ketones (excluding diaryl/α,β-unsaturated/α-hetero) is 1. The van der Waals surface area contributed by atoms with Gasteiger partial charge in [0.15, 0.2) is 5.78 Å². The molecule has 1 aliphatic rings. The van der Waals surface area contributed by atoms with E-state index < -0.39 is 27.6 Å². The van der Waals surface area contributed by atoms with E-state index >= 15 is 0 Å². The lowest BCUT2D eigenvalue weighted by atomic mass is 10.1. The number of benzene rings is 1. The van der Waals surface area contributed by atoms with Crippen LogP contribution in [0.25, 0.3) is 6.08 Å². The van der Waals surface area contributed by atoms with Crippen molar-refractivity contribution in [3.63, 3.8) is 0 Å². The van der Waals surface area contributed by atoms with E-state index in [-0.39, 0.29) is 12.2 Å². The van der Waals surface area contributed by atoms with Crippen LogP contribution in [0.15, 0.2) is 29.8 Å². The minimum atomic E-state index is -4.18. The maximum absolute atomic E-state index is 11.9. The molecule has 0 aromatic heterocycles. The first-order valence-electron chi connectivity index (χ1n) is 5.84. The monoisotopic (exact) mass is 311 g/mol. The molecule has 2 rings (SSSR count). The Balaban J connectivity index is 2.08. The van der Waals surface area contributed by atoms with Gasteiger partial charge in [-0.3, -0.25) is 10.2 Å². The molecule has 1 heterocycles. The standard InChI is InChI=1S/C12H13N3O5S/c13-12(14)15-20-21(17,18)7-10(16)9-5-8-3-1-2-4-11(8)19-6-9/h1-5H,6-7H2,(H4,13,14,15). The zero-order chi connectivity index (χ0) is 15.5. The third-order valence-electron chi connectivity index (χ3n) is 2.58. The fraction of sp³-hybridized carbons (Fsp3) is 0.167. The highest BCUT2D eigenvalue weighted by Gasteiger charge is 2.23. The molecule has 1 aromatic rings. The minimum Gasteiger partial charge on any atom is -0.488 e. The van der Waals surface area contributed by atoms with Crippen molar-refractivity contribution in [1.29, 1.82) is 5.41 Å². The Morgan fingerprint density at radius 1 is 1.43 bits per heavy atom. The molecule has 0 saturated carbocycles. The van der Waals surface area contributed by atoms with Crippen LogP contribution in [0.5, 0.6) is 5.75 Å². The van der Waals surface area contributed by atoms with Crippen LogP contribution < -0.4 is 16.0 Å². The van der Waals surface area contributed by atoms with E-state index in [4.69, 9.17) is 15.9 Å². The zero-order valence-electron chi connectivity index (χ0n) is 10.8. The molecule has 0 amide bonds. The molecule has 1 aromatic carbocycles. The van der Waals surface area contributed by atoms with Crippen LogP contribution >= 0.6 is 0 Å². The van der Waals surface area contributed by atoms with Gasteiger partial charge in [-0.15, -0.1) is 4.28 Å². The van der Waals surface area contributed by atoms with E-state index in [1.807, 2.05) is 0 Å². The number of nitrogens with one attached hydrogen (secondary N) is 2. The number of hydrogen-bond acceptors (Lipinski definition) is 6. The average molecular weight is 311 g/mol. The molecule has 8 nitrogen and oxygen atoms in total. The Hall–Kier alpha value is -2.39. The van der Waals surface area contributed by atoms with Gasteiger partial charge in [0.1, 0.15) is 18.1 Å². The zero-order valence-corrected chi connectivity index (χ0v) is 11.6. The fourth-order valence-corrected chi connectivity index (χ4v) is 2.45. The molecular weight excluding hydrogens is 298 g/mol. The largest absolute Gasteiger partial charge is 0.488 e. The van der Waals surface area contributed by atoms with E-state index in [0.29, 0.717) is 11.3 Å². The summed E-state index contributed by atoms with van der Waals surface area (Å²) in [5.41, 5.74) is 7.50. The first kappa shape index (κ1) is 15.0. The predicted octanol–water partition coefficient (Wildman–Crippen LogP) is -0.224. The highest BCUT2D eigenvalue weighted by atomic mass is 32.2. The SMILES string of the molecule is N=C(N)NOS(=O)(=O)CC(=O)C1=Cc2ccccc2OC1. The van der Waals surface area contributed by atoms with Crippen molar-refractivity contribution in [3.8, 4) is 5.75 Å². The Bertz CT molecular complexity index is 711. The molecule has 0 saturated heterocycles. The summed E-state index contributed by atoms with van der Waals surface area (Å²) >= 11 is 0. The summed E-state index contributed by atoms with van der Waals surface area (Å²) in [6.07, 6.45) is 1.58. The van der Waals surface area contributed by atoms with Crippen LogP contribution in [-0.2, 0) is 19.2 Å². The van der Waals surface area contributed by atoms with Crippen molar-refractivity contribution < 1.29 is 22.2 Å². The molecule has 0 radical (unpaired) electrons. The Morgan fingerprint density at radius 3 is 2.86 bits per heavy atom. The second-order valence-corrected chi connectivity index (χ2v) is 5.79. The molecular formula is C12H13N3O5S. The molecule has 9 heteroatoms. The second-order valence-electron chi connectivity index (χ2n) is 4.22. The number of fused-ring (bicyclic) bond motifs is 1. The maximum atomic E-state index is 11.9. The van der Waals surface area contributed by atoms with Gasteiger partial charge in [-0.25, -0.2) is 5.48 Å². The maximum Gasteiger partial charge on any atom is 0.295 e. The van der Waals surface area contributed by atoms with Gasteiger partial charge >= 0.3 is 0 Å². The van der Waals surface area contributed by atoms with Crippen LogP contribution in [-0.4, -0.2) is 32.5 Å². The van der Waals surface area contributed by atoms with Crippen molar-refractivity contribution in [2.75, 3.05) is 12.4 Å². The first-order valence-corrected chi connectivity index (χ1v) is 7.42. The van der Waals surface area contributed by atoms with Crippen molar-refractivity contribution >= 4 is 27.9 Å². The van der Waals surface area contributed by atoms with E-state index in [0.717, 1.165) is 0 Å². The van der Waals surface area contributed by atoms with Crippen molar-refractivity contribution in [2.24, 2.45) is 5.73 Å². The quantitative estimate of drug-likeness (QED) is 0.389. The molecule has 0 bridgehead atoms. The van der Waals surface area contributed by atoms with Crippen LogP contribution in [0, 0.1) is 5.41 Å². The summed E-state index contributed by atoms with van der Waals surface area (Å²) < 4.78 is 32.6. The summed E-state index contributed by atoms with van der Waals surface area (Å²) in [7, 11) is -4.18. The third kappa shape index (κ3) is 4.04. The van der Waals surface area contributed by atoms with E-state index in [2.05, 4.69) is 4.28 Å². The minimum absolute atomic E-state index is 0.00843. The second kappa shape index (κ2) is 5.94. The highest BCUT2D eigenvalue weighted by molar-refractivity contribution is 7.87. The summed E-state index contributed by atoms with van der Waals surface area (Å²) in [5, 5.41) is 6.79. The molecule has 0 atom stereocenters. The van der Waals surface area contributed by atoms with Crippen molar-refractivity contribution in [2.45, 2.75) is 0 Å². The molecule has 112 valence electrons. The fourth-order valence-electron chi connectivity index (χ4n) is 1.67. The summed E-state index contributed by atoms with van der Waals surface area (Å²) in [4.78, 5) is 11.9. The van der Waals surface area contributed by atoms with Gasteiger partial charge in [0.25, 0.3) is 10.1 Å². The molecule has 21 heavy (non-hydrogen) atoms. The van der Waals surface area contributed by atoms with Crippen molar-refractivity contribution in [3.05, 3.63) is 35.4 Å². The van der Waals surface area contributed by atoms with Crippen LogP contribution in [0.1, 0.15) is 5.56 Å². The van der Waals surface area contributed by atoms with Gasteiger partial charge in [-0.2, -0.15) is 8.42 Å². The van der Waals surface area contributed by atoms with Crippen LogP contribution in [0.3, 0.4) is 0 Å². The Kier molecular flexibility index (Phi) is 4.24. The lowest BCUT2D eigenvalue weighted by Crippen LogP contribution is -2.35. The number of carbonyl (C=O) groups excluding carboxylic acids is 1. The molecule has 4 N–H and O–H groups in total. The number of rotatable bonds is 5. The lowest BCUT2D eigenvalue weighted by molar-refractivity contribution is -0.113. The third-order valence-corrected chi connectivity index (χ3v) is 3.53. The van der Waals surface area contributed by atoms with E-state index in [1.165, 1.54) is 0 Å². The number of guanidine groups is 1. The molecule has 0 fully saturated rings. The number of hydrogen-bond donors (Lipinski definition) is 3. The molecule has 0 spiro atoms. The van der Waals surface area contributed by atoms with Gasteiger partial charge in [0.05, 0.1) is 0 Å². The smallest absolute Gasteiger partial charge is 0.295 e. The lowest BCUT2D eigenvalue weighted by Gasteiger charge is -2.16. The van der Waals surface area contributed by atoms with Crippen LogP contribution in [0.4, 0.5) is 0 Å². The topological polar surface area (TPSA) is 132 Å². The Labute approximate surface area is 121 Å². The summed E-state index contributed by atoms with van der Waals surface area (Å²) in [6.45, 7) is -0.00843. The number of ketones is 1. The van der Waals surface area contributed by atoms with Crippen LogP contribution in [0.2, 0.25) is 0 Å². The van der Waals surface area contributed by atoms with Gasteiger partial charge in [0, 0.05) is 11.1 Å². The normalized spacial score (nSPS) is 13.6. The number of ether oxygens (including phenoxy) is 1. The number of carbonyl (C=O) groups is 1. The predicted molar refractivity (Wildman–Crippen MR) is 74.8 cm³/mol. The van der Waals surface area contributed by atoms with E-state index in [9.17, 15) is 13.2 Å². The van der Waals surface area contributed by atoms with Gasteiger partial charge in [-0.1, -0.05) is 18.2 Å². The van der Waals surface area contributed by atoms with Gasteiger partial charge in [0.2, 0.25) is 5.96 Å². The Morgan fingerprint density at radius 2 is 2.14 bits per heavy atom. The van der Waals surface area contributed by atoms with Crippen molar-refractivity contribution in [1.82, 2.24) is 5.48 Å². The summed E-state index contributed by atoms with van der Waals surface area (Å²) in [6, 6.07) is 7.09. The molecule has 0 unspecified atom stereocenters. The van der Waals surface area contributed by atoms with Gasteiger partial charge < -0.3 is 10.5 Å². The number of nitrogens with two attached hydrogens (primary N) is 1. The van der Waals surface area contributed by atoms with E-state index in [1.54, 1.807) is 35.8 Å². The number of para-hydroxylation sites is 1. The highest BCUT2D eigenvalue weighted by Crippen LogP contribution is 2.26. The number of hydroxylamine groups is 1. The average Bonchev–Trinajstić information content (AvgIpc) is 2.44. The first-order chi connectivity index (χ1) is 9.87. The molecule has 0 aliphatic carbocycles. The van der Waals surface area contributed by atoms with Gasteiger partial charge in [-0.05, 0) is 12.1 Å².